The molecule has 2 fully saturated rings. The smallest absolute Gasteiger partial charge is 0.00441 e. The van der Waals surface area contributed by atoms with Crippen LogP contribution in [0.1, 0.15) is 98.8 Å². The molecule has 31 heavy (non-hydrogen) atoms. The standard InChI is InChI=1S/C31H48/c1-7-8-12-24-17-19-30(5)25(21-24)13-14-26-28-16-15-27(23(4)11-9-10-22(2)3)31(28,6)20-18-29(26)30/h7-8,12-13,21-23,26-29H,1,9-11,14-20H2,2-6H3/b12-8+/t23-,26+,27-,28+,29+,30+,31-/m1/s1. The van der Waals surface area contributed by atoms with Gasteiger partial charge < -0.3 is 0 Å². The van der Waals surface area contributed by atoms with Crippen molar-refractivity contribution in [2.45, 2.75) is 98.8 Å². The summed E-state index contributed by atoms with van der Waals surface area (Å²) in [5.74, 6) is 5.53. The quantitative estimate of drug-likeness (QED) is 0.360. The van der Waals surface area contributed by atoms with Crippen molar-refractivity contribution in [2.75, 3.05) is 0 Å². The second-order valence-electron chi connectivity index (χ2n) is 12.5. The lowest BCUT2D eigenvalue weighted by Gasteiger charge is -2.57. The number of rotatable bonds is 7. The lowest BCUT2D eigenvalue weighted by Crippen LogP contribution is -2.49. The summed E-state index contributed by atoms with van der Waals surface area (Å²) in [4.78, 5) is 0. The van der Waals surface area contributed by atoms with Gasteiger partial charge in [0, 0.05) is 0 Å². The van der Waals surface area contributed by atoms with E-state index in [1.807, 2.05) is 6.08 Å². The average Bonchev–Trinajstić information content (AvgIpc) is 3.09. The number of fused-ring (bicyclic) bond motifs is 5. The van der Waals surface area contributed by atoms with Crippen LogP contribution in [0.25, 0.3) is 0 Å². The van der Waals surface area contributed by atoms with E-state index in [1.54, 1.807) is 5.57 Å². The van der Waals surface area contributed by atoms with Gasteiger partial charge in [0.15, 0.2) is 0 Å². The molecule has 2 saturated carbocycles. The maximum Gasteiger partial charge on any atom is -0.00441 e. The third kappa shape index (κ3) is 4.18. The van der Waals surface area contributed by atoms with Gasteiger partial charge in [-0.05, 0) is 102 Å². The van der Waals surface area contributed by atoms with Crippen molar-refractivity contribution >= 4 is 0 Å². The Bertz CT molecular complexity index is 748. The topological polar surface area (TPSA) is 0 Å². The van der Waals surface area contributed by atoms with Gasteiger partial charge in [0.05, 0.1) is 0 Å². The zero-order valence-corrected chi connectivity index (χ0v) is 21.1. The predicted molar refractivity (Wildman–Crippen MR) is 136 cm³/mol. The number of hydrogen-bond acceptors (Lipinski definition) is 0. The summed E-state index contributed by atoms with van der Waals surface area (Å²) in [7, 11) is 0. The minimum Gasteiger partial charge on any atom is -0.0991 e. The second-order valence-corrected chi connectivity index (χ2v) is 12.5. The minimum atomic E-state index is 0.413. The Hall–Kier alpha value is -1.04. The van der Waals surface area contributed by atoms with Crippen LogP contribution in [0.3, 0.4) is 0 Å². The Morgan fingerprint density at radius 1 is 1.06 bits per heavy atom. The van der Waals surface area contributed by atoms with Crippen LogP contribution in [0.15, 0.2) is 48.1 Å². The van der Waals surface area contributed by atoms with E-state index < -0.39 is 0 Å². The lowest BCUT2D eigenvalue weighted by molar-refractivity contribution is -0.0453. The van der Waals surface area contributed by atoms with Crippen molar-refractivity contribution in [3.05, 3.63) is 48.1 Å². The summed E-state index contributed by atoms with van der Waals surface area (Å²) in [6.07, 6.45) is 25.6. The highest BCUT2D eigenvalue weighted by molar-refractivity contribution is 5.41. The van der Waals surface area contributed by atoms with Crippen LogP contribution in [0.5, 0.6) is 0 Å². The molecule has 0 bridgehead atoms. The van der Waals surface area contributed by atoms with Crippen molar-refractivity contribution in [3.8, 4) is 0 Å². The van der Waals surface area contributed by atoms with Crippen molar-refractivity contribution < 1.29 is 0 Å². The van der Waals surface area contributed by atoms with Gasteiger partial charge in [0.25, 0.3) is 0 Å². The van der Waals surface area contributed by atoms with Crippen molar-refractivity contribution in [1.29, 1.82) is 0 Å². The van der Waals surface area contributed by atoms with Crippen LogP contribution < -0.4 is 0 Å². The molecule has 4 aliphatic rings. The fourth-order valence-electron chi connectivity index (χ4n) is 8.69. The number of allylic oxidation sites excluding steroid dienone is 7. The van der Waals surface area contributed by atoms with Crippen molar-refractivity contribution in [2.24, 2.45) is 46.3 Å². The zero-order valence-electron chi connectivity index (χ0n) is 21.1. The first kappa shape index (κ1) is 23.1. The third-order valence-corrected chi connectivity index (χ3v) is 10.4. The van der Waals surface area contributed by atoms with E-state index in [9.17, 15) is 0 Å². The Morgan fingerprint density at radius 3 is 2.61 bits per heavy atom. The van der Waals surface area contributed by atoms with Crippen LogP contribution in [0, 0.1) is 46.3 Å². The normalized spacial score (nSPS) is 40.7. The highest BCUT2D eigenvalue weighted by Crippen LogP contribution is 2.67. The lowest BCUT2D eigenvalue weighted by atomic mass is 9.47. The summed E-state index contributed by atoms with van der Waals surface area (Å²) in [5.41, 5.74) is 4.17. The first-order chi connectivity index (χ1) is 14.8. The summed E-state index contributed by atoms with van der Waals surface area (Å²) < 4.78 is 0. The summed E-state index contributed by atoms with van der Waals surface area (Å²) in [6, 6.07) is 0. The van der Waals surface area contributed by atoms with E-state index in [1.165, 1.54) is 69.8 Å². The van der Waals surface area contributed by atoms with E-state index in [2.05, 4.69) is 65.5 Å². The van der Waals surface area contributed by atoms with Gasteiger partial charge in [-0.25, -0.2) is 0 Å². The van der Waals surface area contributed by atoms with Crippen LogP contribution in [0.4, 0.5) is 0 Å². The third-order valence-electron chi connectivity index (χ3n) is 10.4. The summed E-state index contributed by atoms with van der Waals surface area (Å²) >= 11 is 0. The monoisotopic (exact) mass is 420 g/mol. The molecule has 0 N–H and O–H groups in total. The molecule has 0 nitrogen and oxygen atoms in total. The van der Waals surface area contributed by atoms with Gasteiger partial charge in [-0.2, -0.15) is 0 Å². The van der Waals surface area contributed by atoms with Gasteiger partial charge in [0.2, 0.25) is 0 Å². The SMILES string of the molecule is C=C/C=C/C1=CC2=CC[C@H]3[C@@H]4CC[C@H]([C@H](C)CCCC(C)C)[C@@]4(C)CC[C@@H]3[C@@]2(C)CC1. The highest BCUT2D eigenvalue weighted by Gasteiger charge is 2.58. The van der Waals surface area contributed by atoms with Gasteiger partial charge in [-0.3, -0.25) is 0 Å². The van der Waals surface area contributed by atoms with E-state index in [-0.39, 0.29) is 0 Å². The molecule has 4 aliphatic carbocycles. The largest absolute Gasteiger partial charge is 0.0991 e. The molecule has 0 saturated heterocycles. The Kier molecular flexibility index (Phi) is 6.77. The molecule has 7 atom stereocenters. The van der Waals surface area contributed by atoms with Crippen LogP contribution >= 0.6 is 0 Å². The van der Waals surface area contributed by atoms with Gasteiger partial charge >= 0.3 is 0 Å². The maximum absolute atomic E-state index is 3.85. The zero-order chi connectivity index (χ0) is 22.2. The fourth-order valence-corrected chi connectivity index (χ4v) is 8.69. The number of hydrogen-bond donors (Lipinski definition) is 0. The Morgan fingerprint density at radius 2 is 1.87 bits per heavy atom. The Balaban J connectivity index is 1.51. The molecule has 0 aromatic heterocycles. The first-order valence-corrected chi connectivity index (χ1v) is 13.5. The Labute approximate surface area is 193 Å². The summed E-state index contributed by atoms with van der Waals surface area (Å²) in [5, 5.41) is 0. The molecule has 0 unspecified atom stereocenters. The summed E-state index contributed by atoms with van der Waals surface area (Å²) in [6.45, 7) is 16.5. The van der Waals surface area contributed by atoms with Gasteiger partial charge in [-0.15, -0.1) is 0 Å². The van der Waals surface area contributed by atoms with Crippen LogP contribution in [-0.4, -0.2) is 0 Å². The molecule has 0 radical (unpaired) electrons. The first-order valence-electron chi connectivity index (χ1n) is 13.5. The van der Waals surface area contributed by atoms with E-state index in [0.29, 0.717) is 10.8 Å². The van der Waals surface area contributed by atoms with Gasteiger partial charge in [-0.1, -0.05) is 90.8 Å². The molecule has 0 aliphatic heterocycles. The van der Waals surface area contributed by atoms with Crippen LogP contribution in [-0.2, 0) is 0 Å². The molecule has 0 aromatic carbocycles. The minimum absolute atomic E-state index is 0.413. The molecule has 0 aromatic rings. The highest BCUT2D eigenvalue weighted by atomic mass is 14.6. The molecule has 4 rings (SSSR count). The molecular formula is C31H48. The molecular weight excluding hydrogens is 372 g/mol. The second kappa shape index (κ2) is 9.07. The molecule has 0 spiro atoms. The fraction of sp³-hybridized carbons (Fsp3) is 0.742. The molecule has 0 heterocycles. The van der Waals surface area contributed by atoms with Crippen LogP contribution in [0.2, 0.25) is 0 Å². The molecule has 0 heteroatoms. The van der Waals surface area contributed by atoms with Gasteiger partial charge in [0.1, 0.15) is 0 Å². The average molecular weight is 421 g/mol. The molecule has 172 valence electrons. The van der Waals surface area contributed by atoms with E-state index in [0.717, 1.165) is 35.5 Å². The van der Waals surface area contributed by atoms with Crippen molar-refractivity contribution in [1.82, 2.24) is 0 Å². The van der Waals surface area contributed by atoms with Crippen molar-refractivity contribution in [3.63, 3.8) is 0 Å². The maximum atomic E-state index is 3.85. The molecule has 0 amide bonds. The van der Waals surface area contributed by atoms with E-state index >= 15 is 0 Å². The van der Waals surface area contributed by atoms with E-state index in [4.69, 9.17) is 0 Å². The predicted octanol–water partition coefficient (Wildman–Crippen LogP) is 9.31.